The predicted octanol–water partition coefficient (Wildman–Crippen LogP) is 1.10. The molecule has 0 unspecified atom stereocenters. The predicted molar refractivity (Wildman–Crippen MR) is 89.9 cm³/mol. The first-order chi connectivity index (χ1) is 10.7. The van der Waals surface area contributed by atoms with Crippen molar-refractivity contribution in [3.63, 3.8) is 0 Å². The lowest BCUT2D eigenvalue weighted by atomic mass is 10.2. The average molecular weight is 339 g/mol. The number of rotatable bonds is 4. The fraction of sp³-hybridized carbons (Fsp3) is 0.562. The molecule has 1 aromatic carbocycles. The number of hydrogen-bond donors (Lipinski definition) is 0. The van der Waals surface area contributed by atoms with E-state index < -0.39 is 10.0 Å². The molecule has 1 aliphatic rings. The molecule has 23 heavy (non-hydrogen) atoms. The number of sulfonamides is 1. The van der Waals surface area contributed by atoms with E-state index in [0.29, 0.717) is 24.7 Å². The summed E-state index contributed by atoms with van der Waals surface area (Å²) in [5.74, 6) is -0.202. The Labute approximate surface area is 138 Å². The molecular weight excluding hydrogens is 314 g/mol. The molecule has 0 aliphatic carbocycles. The van der Waals surface area contributed by atoms with Gasteiger partial charge in [-0.1, -0.05) is 6.07 Å². The van der Waals surface area contributed by atoms with Crippen LogP contribution in [0.3, 0.4) is 0 Å². The van der Waals surface area contributed by atoms with E-state index in [1.54, 1.807) is 32.3 Å². The van der Waals surface area contributed by atoms with E-state index in [-0.39, 0.29) is 10.8 Å². The first-order valence-electron chi connectivity index (χ1n) is 7.79. The second kappa shape index (κ2) is 6.98. The van der Waals surface area contributed by atoms with Crippen LogP contribution in [-0.4, -0.2) is 74.7 Å². The zero-order valence-corrected chi connectivity index (χ0v) is 15.0. The molecule has 1 heterocycles. The molecule has 1 saturated heterocycles. The second-order valence-corrected chi connectivity index (χ2v) is 8.20. The van der Waals surface area contributed by atoms with Gasteiger partial charge in [-0.3, -0.25) is 9.69 Å². The molecule has 0 spiro atoms. The lowest BCUT2D eigenvalue weighted by Gasteiger charge is -2.36. The van der Waals surface area contributed by atoms with Crippen LogP contribution < -0.4 is 0 Å². The van der Waals surface area contributed by atoms with E-state index in [4.69, 9.17) is 0 Å². The number of piperazine rings is 1. The number of benzene rings is 1. The molecule has 0 N–H and O–H groups in total. The third-order valence-electron chi connectivity index (χ3n) is 4.13. The van der Waals surface area contributed by atoms with E-state index in [2.05, 4.69) is 18.7 Å². The van der Waals surface area contributed by atoms with Crippen molar-refractivity contribution in [1.82, 2.24) is 14.1 Å². The van der Waals surface area contributed by atoms with Crippen LogP contribution in [0.25, 0.3) is 0 Å². The van der Waals surface area contributed by atoms with Gasteiger partial charge in [0.15, 0.2) is 0 Å². The summed E-state index contributed by atoms with van der Waals surface area (Å²) < 4.78 is 27.1. The van der Waals surface area contributed by atoms with Crippen LogP contribution in [0, 0.1) is 0 Å². The largest absolute Gasteiger partial charge is 0.345 e. The van der Waals surface area contributed by atoms with E-state index in [1.165, 1.54) is 15.3 Å². The van der Waals surface area contributed by atoms with Gasteiger partial charge < -0.3 is 4.90 Å². The Balaban J connectivity index is 2.21. The van der Waals surface area contributed by atoms with E-state index in [9.17, 15) is 13.2 Å². The van der Waals surface area contributed by atoms with Crippen LogP contribution in [-0.2, 0) is 10.0 Å². The fourth-order valence-electron chi connectivity index (χ4n) is 2.66. The van der Waals surface area contributed by atoms with Gasteiger partial charge in [0.05, 0.1) is 4.90 Å². The minimum atomic E-state index is -3.56. The summed E-state index contributed by atoms with van der Waals surface area (Å²) in [4.78, 5) is 15.9. The summed E-state index contributed by atoms with van der Waals surface area (Å²) in [6, 6.07) is 6.69. The molecule has 0 saturated carbocycles. The second-order valence-electron chi connectivity index (χ2n) is 6.26. The van der Waals surface area contributed by atoms with Crippen molar-refractivity contribution < 1.29 is 13.2 Å². The topological polar surface area (TPSA) is 60.9 Å². The molecular formula is C16H25N3O3S. The lowest BCUT2D eigenvalue weighted by Crippen LogP contribution is -2.50. The zero-order valence-electron chi connectivity index (χ0n) is 14.2. The van der Waals surface area contributed by atoms with Crippen molar-refractivity contribution in [1.29, 1.82) is 0 Å². The van der Waals surface area contributed by atoms with Gasteiger partial charge in [0.2, 0.25) is 10.0 Å². The maximum Gasteiger partial charge on any atom is 0.253 e. The normalized spacial score (nSPS) is 17.4. The highest BCUT2D eigenvalue weighted by Gasteiger charge is 2.29. The Morgan fingerprint density at radius 2 is 1.74 bits per heavy atom. The molecule has 128 valence electrons. The number of carbonyl (C=O) groups is 1. The Morgan fingerprint density at radius 3 is 2.26 bits per heavy atom. The average Bonchev–Trinajstić information content (AvgIpc) is 2.54. The van der Waals surface area contributed by atoms with Crippen molar-refractivity contribution in [2.24, 2.45) is 0 Å². The highest BCUT2D eigenvalue weighted by Crippen LogP contribution is 2.20. The van der Waals surface area contributed by atoms with E-state index in [1.807, 2.05) is 0 Å². The first kappa shape index (κ1) is 17.9. The summed E-state index contributed by atoms with van der Waals surface area (Å²) in [5, 5.41) is 0. The molecule has 7 heteroatoms. The first-order valence-corrected chi connectivity index (χ1v) is 9.23. The molecule has 1 amide bonds. The van der Waals surface area contributed by atoms with Gasteiger partial charge in [0, 0.05) is 51.9 Å². The maximum absolute atomic E-state index is 12.8. The SMILES string of the molecule is CC(C)N1CCN(S(=O)(=O)c2cccc(C(=O)N(C)C)c2)CC1. The molecule has 0 radical (unpaired) electrons. The Kier molecular flexibility index (Phi) is 5.44. The quantitative estimate of drug-likeness (QED) is 0.824. The smallest absolute Gasteiger partial charge is 0.253 e. The molecule has 1 fully saturated rings. The maximum atomic E-state index is 12.8. The van der Waals surface area contributed by atoms with Crippen molar-refractivity contribution in [3.8, 4) is 0 Å². The molecule has 6 nitrogen and oxygen atoms in total. The Morgan fingerprint density at radius 1 is 1.13 bits per heavy atom. The molecule has 1 aromatic rings. The van der Waals surface area contributed by atoms with E-state index in [0.717, 1.165) is 13.1 Å². The van der Waals surface area contributed by atoms with Gasteiger partial charge >= 0.3 is 0 Å². The number of hydrogen-bond acceptors (Lipinski definition) is 4. The Bertz CT molecular complexity index is 663. The summed E-state index contributed by atoms with van der Waals surface area (Å²) in [6.45, 7) is 6.64. The highest BCUT2D eigenvalue weighted by atomic mass is 32.2. The van der Waals surface area contributed by atoms with Crippen LogP contribution in [0.2, 0.25) is 0 Å². The van der Waals surface area contributed by atoms with Crippen molar-refractivity contribution in [3.05, 3.63) is 29.8 Å². The summed E-state index contributed by atoms with van der Waals surface area (Å²) in [7, 11) is -0.262. The standard InChI is InChI=1S/C16H25N3O3S/c1-13(2)18-8-10-19(11-9-18)23(21,22)15-7-5-6-14(12-15)16(20)17(3)4/h5-7,12-13H,8-11H2,1-4H3. The summed E-state index contributed by atoms with van der Waals surface area (Å²) >= 11 is 0. The van der Waals surface area contributed by atoms with E-state index >= 15 is 0 Å². The molecule has 2 rings (SSSR count). The minimum absolute atomic E-state index is 0.184. The monoisotopic (exact) mass is 339 g/mol. The fourth-order valence-corrected chi connectivity index (χ4v) is 4.13. The Hall–Kier alpha value is -1.44. The van der Waals surface area contributed by atoms with Crippen LogP contribution in [0.1, 0.15) is 24.2 Å². The summed E-state index contributed by atoms with van der Waals surface area (Å²) in [6.07, 6.45) is 0. The number of amides is 1. The third kappa shape index (κ3) is 3.91. The van der Waals surface area contributed by atoms with Gasteiger partial charge in [-0.05, 0) is 32.0 Å². The van der Waals surface area contributed by atoms with Crippen LogP contribution >= 0.6 is 0 Å². The number of nitrogens with zero attached hydrogens (tertiary/aromatic N) is 3. The highest BCUT2D eigenvalue weighted by molar-refractivity contribution is 7.89. The van der Waals surface area contributed by atoms with Crippen LogP contribution in [0.5, 0.6) is 0 Å². The van der Waals surface area contributed by atoms with Crippen LogP contribution in [0.15, 0.2) is 29.2 Å². The van der Waals surface area contributed by atoms with Crippen molar-refractivity contribution in [2.75, 3.05) is 40.3 Å². The van der Waals surface area contributed by atoms with Crippen molar-refractivity contribution >= 4 is 15.9 Å². The molecule has 0 atom stereocenters. The van der Waals surface area contributed by atoms with Gasteiger partial charge in [-0.2, -0.15) is 4.31 Å². The van der Waals surface area contributed by atoms with Crippen molar-refractivity contribution in [2.45, 2.75) is 24.8 Å². The lowest BCUT2D eigenvalue weighted by molar-refractivity contribution is 0.0827. The minimum Gasteiger partial charge on any atom is -0.345 e. The molecule has 0 bridgehead atoms. The zero-order chi connectivity index (χ0) is 17.2. The molecule has 0 aromatic heterocycles. The molecule has 1 aliphatic heterocycles. The number of carbonyl (C=O) groups excluding carboxylic acids is 1. The summed E-state index contributed by atoms with van der Waals surface area (Å²) in [5.41, 5.74) is 0.386. The van der Waals surface area contributed by atoms with Crippen LogP contribution in [0.4, 0.5) is 0 Å². The third-order valence-corrected chi connectivity index (χ3v) is 6.02. The van der Waals surface area contributed by atoms with Gasteiger partial charge in [-0.25, -0.2) is 8.42 Å². The van der Waals surface area contributed by atoms with Gasteiger partial charge in [0.25, 0.3) is 5.91 Å². The van der Waals surface area contributed by atoms with Gasteiger partial charge in [-0.15, -0.1) is 0 Å². The van der Waals surface area contributed by atoms with Gasteiger partial charge in [0.1, 0.15) is 0 Å².